The Labute approximate surface area is 156 Å². The first-order valence-corrected chi connectivity index (χ1v) is 9.64. The van der Waals surface area contributed by atoms with Crippen LogP contribution in [0.25, 0.3) is 21.3 Å². The van der Waals surface area contributed by atoms with Crippen LogP contribution in [0.4, 0.5) is 0 Å². The summed E-state index contributed by atoms with van der Waals surface area (Å²) in [4.78, 5) is 30.0. The molecule has 0 radical (unpaired) electrons. The van der Waals surface area contributed by atoms with E-state index in [1.165, 1.54) is 27.8 Å². The molecule has 0 aliphatic rings. The van der Waals surface area contributed by atoms with Crippen LogP contribution in [0.3, 0.4) is 0 Å². The van der Waals surface area contributed by atoms with Crippen molar-refractivity contribution in [2.45, 2.75) is 33.7 Å². The van der Waals surface area contributed by atoms with Gasteiger partial charge >= 0.3 is 0 Å². The highest BCUT2D eigenvalue weighted by molar-refractivity contribution is 7.17. The molecule has 0 bridgehead atoms. The van der Waals surface area contributed by atoms with Gasteiger partial charge in [-0.1, -0.05) is 43.7 Å². The number of amides is 1. The molecule has 2 heterocycles. The summed E-state index contributed by atoms with van der Waals surface area (Å²) in [6.07, 6.45) is 1.81. The van der Waals surface area contributed by atoms with E-state index in [0.29, 0.717) is 24.4 Å². The average molecular weight is 369 g/mol. The largest absolute Gasteiger partial charge is 0.356 e. The van der Waals surface area contributed by atoms with Crippen LogP contribution in [0.2, 0.25) is 0 Å². The Morgan fingerprint density at radius 2 is 2.00 bits per heavy atom. The Balaban J connectivity index is 1.86. The summed E-state index contributed by atoms with van der Waals surface area (Å²) >= 11 is 1.47. The number of hydrogen-bond acceptors (Lipinski definition) is 4. The second kappa shape index (κ2) is 7.83. The van der Waals surface area contributed by atoms with Crippen molar-refractivity contribution in [2.24, 2.45) is 5.92 Å². The van der Waals surface area contributed by atoms with Gasteiger partial charge in [-0.2, -0.15) is 0 Å². The van der Waals surface area contributed by atoms with E-state index < -0.39 is 0 Å². The zero-order valence-electron chi connectivity index (χ0n) is 15.3. The third-order valence-electron chi connectivity index (χ3n) is 4.21. The minimum Gasteiger partial charge on any atom is -0.356 e. The Hall–Kier alpha value is -2.47. The maximum Gasteiger partial charge on any atom is 0.262 e. The van der Waals surface area contributed by atoms with E-state index in [1.54, 1.807) is 0 Å². The van der Waals surface area contributed by atoms with Crippen molar-refractivity contribution >= 4 is 27.5 Å². The normalized spacial score (nSPS) is 11.2. The molecule has 0 atom stereocenters. The van der Waals surface area contributed by atoms with Gasteiger partial charge in [0.2, 0.25) is 5.91 Å². The number of hydrogen-bond donors (Lipinski definition) is 1. The van der Waals surface area contributed by atoms with Crippen molar-refractivity contribution in [1.82, 2.24) is 14.9 Å². The predicted octanol–water partition coefficient (Wildman–Crippen LogP) is 3.60. The Kier molecular flexibility index (Phi) is 5.52. The molecule has 0 spiro atoms. The van der Waals surface area contributed by atoms with E-state index in [2.05, 4.69) is 10.3 Å². The summed E-state index contributed by atoms with van der Waals surface area (Å²) in [5.41, 5.74) is 2.99. The van der Waals surface area contributed by atoms with Crippen LogP contribution in [0.15, 0.2) is 40.8 Å². The molecule has 26 heavy (non-hydrogen) atoms. The van der Waals surface area contributed by atoms with Crippen molar-refractivity contribution in [3.05, 3.63) is 51.9 Å². The molecule has 6 heteroatoms. The van der Waals surface area contributed by atoms with Crippen molar-refractivity contribution < 1.29 is 4.79 Å². The van der Waals surface area contributed by atoms with Crippen LogP contribution < -0.4 is 10.9 Å². The highest BCUT2D eigenvalue weighted by atomic mass is 32.1. The van der Waals surface area contributed by atoms with E-state index in [1.807, 2.05) is 50.4 Å². The number of nitrogens with zero attached hydrogens (tertiary/aromatic N) is 2. The molecule has 3 rings (SSSR count). The van der Waals surface area contributed by atoms with E-state index in [4.69, 9.17) is 0 Å². The topological polar surface area (TPSA) is 64.0 Å². The molecular weight excluding hydrogens is 346 g/mol. The first-order valence-electron chi connectivity index (χ1n) is 8.76. The Morgan fingerprint density at radius 3 is 2.69 bits per heavy atom. The van der Waals surface area contributed by atoms with Crippen LogP contribution in [0.1, 0.15) is 25.8 Å². The minimum atomic E-state index is -0.0940. The number of benzene rings is 1. The number of aryl methyl sites for hydroxylation is 2. The van der Waals surface area contributed by atoms with Crippen LogP contribution in [0, 0.1) is 12.8 Å². The van der Waals surface area contributed by atoms with Gasteiger partial charge in [0.15, 0.2) is 0 Å². The molecule has 1 amide bonds. The number of carbonyl (C=O) groups is 1. The molecule has 0 aliphatic carbocycles. The van der Waals surface area contributed by atoms with Crippen molar-refractivity contribution in [3.8, 4) is 11.1 Å². The molecule has 0 fully saturated rings. The van der Waals surface area contributed by atoms with Gasteiger partial charge in [-0.25, -0.2) is 4.98 Å². The fraction of sp³-hybridized carbons (Fsp3) is 0.350. The van der Waals surface area contributed by atoms with Gasteiger partial charge in [-0.3, -0.25) is 14.2 Å². The van der Waals surface area contributed by atoms with Gasteiger partial charge in [-0.15, -0.1) is 11.3 Å². The molecule has 0 saturated heterocycles. The molecule has 0 aliphatic heterocycles. The SMILES string of the molecule is Cc1ccc(-c2csc3ncn(CCC(=O)NCC(C)C)c(=O)c23)cc1. The van der Waals surface area contributed by atoms with E-state index >= 15 is 0 Å². The number of thiophene rings is 1. The molecule has 0 saturated carbocycles. The smallest absolute Gasteiger partial charge is 0.262 e. The monoisotopic (exact) mass is 369 g/mol. The fourth-order valence-electron chi connectivity index (χ4n) is 2.70. The van der Waals surface area contributed by atoms with Crippen LogP contribution in [-0.2, 0) is 11.3 Å². The number of rotatable bonds is 6. The standard InChI is InChI=1S/C20H23N3O2S/c1-13(2)10-21-17(24)8-9-23-12-22-19-18(20(23)25)16(11-26-19)15-6-4-14(3)5-7-15/h4-7,11-13H,8-10H2,1-3H3,(H,21,24). The summed E-state index contributed by atoms with van der Waals surface area (Å²) in [5, 5.41) is 5.48. The lowest BCUT2D eigenvalue weighted by atomic mass is 10.1. The second-order valence-corrected chi connectivity index (χ2v) is 7.74. The second-order valence-electron chi connectivity index (χ2n) is 6.89. The van der Waals surface area contributed by atoms with Crippen LogP contribution in [0.5, 0.6) is 0 Å². The summed E-state index contributed by atoms with van der Waals surface area (Å²) in [6.45, 7) is 7.11. The zero-order valence-corrected chi connectivity index (χ0v) is 16.1. The van der Waals surface area contributed by atoms with Crippen molar-refractivity contribution in [3.63, 3.8) is 0 Å². The third-order valence-corrected chi connectivity index (χ3v) is 5.10. The zero-order chi connectivity index (χ0) is 18.7. The molecule has 5 nitrogen and oxygen atoms in total. The molecule has 136 valence electrons. The molecule has 3 aromatic rings. The van der Waals surface area contributed by atoms with Gasteiger partial charge in [0.1, 0.15) is 4.83 Å². The average Bonchev–Trinajstić information content (AvgIpc) is 3.05. The van der Waals surface area contributed by atoms with Gasteiger partial charge < -0.3 is 5.32 Å². The van der Waals surface area contributed by atoms with Gasteiger partial charge in [-0.05, 0) is 18.4 Å². The molecule has 1 N–H and O–H groups in total. The predicted molar refractivity (Wildman–Crippen MR) is 107 cm³/mol. The highest BCUT2D eigenvalue weighted by Crippen LogP contribution is 2.30. The van der Waals surface area contributed by atoms with Gasteiger partial charge in [0.05, 0.1) is 11.7 Å². The van der Waals surface area contributed by atoms with Crippen molar-refractivity contribution in [1.29, 1.82) is 0 Å². The summed E-state index contributed by atoms with van der Waals surface area (Å²) in [6, 6.07) is 8.11. The maximum atomic E-state index is 12.9. The maximum absolute atomic E-state index is 12.9. The molecular formula is C20H23N3O2S. The summed E-state index contributed by atoms with van der Waals surface area (Å²) in [5.74, 6) is 0.359. The molecule has 2 aromatic heterocycles. The first-order chi connectivity index (χ1) is 12.5. The number of nitrogens with one attached hydrogen (secondary N) is 1. The van der Waals surface area contributed by atoms with Gasteiger partial charge in [0, 0.05) is 30.5 Å². The Morgan fingerprint density at radius 1 is 1.27 bits per heavy atom. The van der Waals surface area contributed by atoms with Crippen LogP contribution >= 0.6 is 11.3 Å². The third kappa shape index (κ3) is 4.02. The highest BCUT2D eigenvalue weighted by Gasteiger charge is 2.14. The number of aromatic nitrogens is 2. The van der Waals surface area contributed by atoms with Crippen molar-refractivity contribution in [2.75, 3.05) is 6.54 Å². The quantitative estimate of drug-likeness (QED) is 0.722. The number of fused-ring (bicyclic) bond motifs is 1. The lowest BCUT2D eigenvalue weighted by Crippen LogP contribution is -2.29. The van der Waals surface area contributed by atoms with Gasteiger partial charge in [0.25, 0.3) is 5.56 Å². The van der Waals surface area contributed by atoms with Crippen LogP contribution in [-0.4, -0.2) is 22.0 Å². The van der Waals surface area contributed by atoms with E-state index in [0.717, 1.165) is 16.0 Å². The minimum absolute atomic E-state index is 0.0465. The fourth-order valence-corrected chi connectivity index (χ4v) is 3.61. The lowest BCUT2D eigenvalue weighted by Gasteiger charge is -2.09. The number of carbonyl (C=O) groups excluding carboxylic acids is 1. The lowest BCUT2D eigenvalue weighted by molar-refractivity contribution is -0.121. The Bertz CT molecular complexity index is 971. The first kappa shape index (κ1) is 18.3. The summed E-state index contributed by atoms with van der Waals surface area (Å²) < 4.78 is 1.53. The molecule has 0 unspecified atom stereocenters. The molecule has 1 aromatic carbocycles. The van der Waals surface area contributed by atoms with E-state index in [9.17, 15) is 9.59 Å². The van der Waals surface area contributed by atoms with E-state index in [-0.39, 0.29) is 17.9 Å². The summed E-state index contributed by atoms with van der Waals surface area (Å²) in [7, 11) is 0.